The van der Waals surface area contributed by atoms with Gasteiger partial charge in [-0.2, -0.15) is 0 Å². The Kier molecular flexibility index (Phi) is 7.47. The number of para-hydroxylation sites is 1. The van der Waals surface area contributed by atoms with E-state index in [1.807, 2.05) is 85.8 Å². The second-order valence-corrected chi connectivity index (χ2v) is 6.61. The smallest absolute Gasteiger partial charge is 0.170 e. The molecule has 0 amide bonds. The highest BCUT2D eigenvalue weighted by atomic mass is 16.5. The average Bonchev–Trinajstić information content (AvgIpc) is 2.74. The first kappa shape index (κ1) is 19.9. The molecule has 4 nitrogen and oxygen atoms in total. The number of aliphatic hydroxyl groups is 1. The van der Waals surface area contributed by atoms with Crippen LogP contribution in [0.3, 0.4) is 0 Å². The van der Waals surface area contributed by atoms with Crippen LogP contribution in [0, 0.1) is 0 Å². The lowest BCUT2D eigenvalue weighted by Crippen LogP contribution is -2.83. The van der Waals surface area contributed by atoms with Gasteiger partial charge in [-0.3, -0.25) is 0 Å². The molecule has 0 aliphatic carbocycles. The summed E-state index contributed by atoms with van der Waals surface area (Å²) in [6.45, 7) is 4.33. The Bertz CT molecular complexity index is 837. The lowest BCUT2D eigenvalue weighted by molar-refractivity contribution is -0.677. The van der Waals surface area contributed by atoms with Crippen LogP contribution < -0.4 is 14.8 Å². The van der Waals surface area contributed by atoms with Gasteiger partial charge in [0.2, 0.25) is 0 Å². The van der Waals surface area contributed by atoms with Crippen molar-refractivity contribution in [3.8, 4) is 11.5 Å². The molecule has 0 radical (unpaired) electrons. The third-order valence-corrected chi connectivity index (χ3v) is 4.52. The molecule has 3 aromatic carbocycles. The minimum Gasteiger partial charge on any atom is -0.490 e. The summed E-state index contributed by atoms with van der Waals surface area (Å²) >= 11 is 0. The third-order valence-electron chi connectivity index (χ3n) is 4.52. The lowest BCUT2D eigenvalue weighted by atomic mass is 10.1. The summed E-state index contributed by atoms with van der Waals surface area (Å²) in [5.41, 5.74) is 3.10. The van der Waals surface area contributed by atoms with Crippen molar-refractivity contribution < 1.29 is 19.9 Å². The number of benzene rings is 3. The van der Waals surface area contributed by atoms with Gasteiger partial charge in [0.25, 0.3) is 0 Å². The minimum atomic E-state index is -0.495. The van der Waals surface area contributed by atoms with E-state index in [2.05, 4.69) is 5.32 Å². The first-order valence-electron chi connectivity index (χ1n) is 9.74. The maximum Gasteiger partial charge on any atom is 0.170 e. The van der Waals surface area contributed by atoms with Gasteiger partial charge in [-0.1, -0.05) is 66.7 Å². The van der Waals surface area contributed by atoms with Gasteiger partial charge in [0.05, 0.1) is 12.2 Å². The van der Waals surface area contributed by atoms with Gasteiger partial charge in [-0.15, -0.1) is 0 Å². The van der Waals surface area contributed by atoms with Crippen molar-refractivity contribution in [2.75, 3.05) is 13.2 Å². The quantitative estimate of drug-likeness (QED) is 0.568. The van der Waals surface area contributed by atoms with Crippen LogP contribution in [0.5, 0.6) is 11.5 Å². The zero-order valence-electron chi connectivity index (χ0n) is 16.3. The fourth-order valence-electron chi connectivity index (χ4n) is 3.09. The summed E-state index contributed by atoms with van der Waals surface area (Å²) in [7, 11) is 0. The first-order valence-corrected chi connectivity index (χ1v) is 9.74. The van der Waals surface area contributed by atoms with E-state index in [1.54, 1.807) is 0 Å². The van der Waals surface area contributed by atoms with E-state index in [-0.39, 0.29) is 0 Å². The number of nitrogens with two attached hydrogens (primary N) is 1. The molecule has 0 aliphatic heterocycles. The van der Waals surface area contributed by atoms with Crippen LogP contribution in [0.2, 0.25) is 0 Å². The minimum absolute atomic E-state index is 0.491. The van der Waals surface area contributed by atoms with Crippen molar-refractivity contribution in [3.63, 3.8) is 0 Å². The van der Waals surface area contributed by atoms with Crippen LogP contribution >= 0.6 is 0 Å². The molecule has 0 fully saturated rings. The van der Waals surface area contributed by atoms with Gasteiger partial charge in [-0.05, 0) is 30.2 Å². The highest BCUT2D eigenvalue weighted by Crippen LogP contribution is 2.31. The summed E-state index contributed by atoms with van der Waals surface area (Å²) in [5.74, 6) is 1.53. The van der Waals surface area contributed by atoms with Crippen molar-refractivity contribution >= 4 is 0 Å². The Morgan fingerprint density at radius 2 is 1.57 bits per heavy atom. The molecule has 3 aromatic rings. The largest absolute Gasteiger partial charge is 0.490 e. The number of hydrogen-bond acceptors (Lipinski definition) is 3. The molecule has 0 aromatic heterocycles. The van der Waals surface area contributed by atoms with E-state index in [4.69, 9.17) is 9.47 Å². The number of quaternary nitrogens is 1. The highest BCUT2D eigenvalue weighted by Gasteiger charge is 2.14. The fraction of sp³-hybridized carbons (Fsp3) is 0.250. The third kappa shape index (κ3) is 5.59. The lowest BCUT2D eigenvalue weighted by Gasteiger charge is -2.16. The van der Waals surface area contributed by atoms with Crippen LogP contribution in [0.25, 0.3) is 0 Å². The summed E-state index contributed by atoms with van der Waals surface area (Å²) in [6, 6.07) is 25.8. The van der Waals surface area contributed by atoms with E-state index in [9.17, 15) is 5.11 Å². The summed E-state index contributed by atoms with van der Waals surface area (Å²) in [4.78, 5) is 0. The Labute approximate surface area is 166 Å². The van der Waals surface area contributed by atoms with Gasteiger partial charge in [0.15, 0.2) is 11.5 Å². The average molecular weight is 378 g/mol. The predicted molar refractivity (Wildman–Crippen MR) is 110 cm³/mol. The van der Waals surface area contributed by atoms with Crippen molar-refractivity contribution in [2.45, 2.75) is 26.2 Å². The number of ether oxygens (including phenoxy) is 2. The molecule has 3 N–H and O–H groups in total. The zero-order valence-corrected chi connectivity index (χ0v) is 16.3. The van der Waals surface area contributed by atoms with Gasteiger partial charge >= 0.3 is 0 Å². The summed E-state index contributed by atoms with van der Waals surface area (Å²) in [5, 5.41) is 12.5. The molecule has 4 heteroatoms. The summed E-state index contributed by atoms with van der Waals surface area (Å²) in [6.07, 6.45) is -0.495. The maximum atomic E-state index is 10.4. The van der Waals surface area contributed by atoms with E-state index in [0.717, 1.165) is 28.2 Å². The van der Waals surface area contributed by atoms with Crippen LogP contribution in [-0.4, -0.2) is 18.3 Å². The van der Waals surface area contributed by atoms with Crippen molar-refractivity contribution in [3.05, 3.63) is 95.6 Å². The SMILES string of the molecule is CCOc1cccc(C[NH2+]C[C@H](O)c2ccccc2)c1OCc1ccccc1. The Morgan fingerprint density at radius 1 is 0.857 bits per heavy atom. The van der Waals surface area contributed by atoms with Gasteiger partial charge < -0.3 is 19.9 Å². The van der Waals surface area contributed by atoms with Crippen LogP contribution in [0.15, 0.2) is 78.9 Å². The molecule has 28 heavy (non-hydrogen) atoms. The van der Waals surface area contributed by atoms with Crippen LogP contribution in [-0.2, 0) is 13.2 Å². The molecule has 0 unspecified atom stereocenters. The number of hydrogen-bond donors (Lipinski definition) is 2. The predicted octanol–water partition coefficient (Wildman–Crippen LogP) is 3.46. The topological polar surface area (TPSA) is 55.3 Å². The molecule has 1 atom stereocenters. The van der Waals surface area contributed by atoms with E-state index in [1.165, 1.54) is 0 Å². The number of rotatable bonds is 10. The molecule has 0 saturated heterocycles. The molecular weight excluding hydrogens is 350 g/mol. The van der Waals surface area contributed by atoms with Crippen molar-refractivity contribution in [1.82, 2.24) is 0 Å². The molecule has 3 rings (SSSR count). The normalized spacial score (nSPS) is 11.8. The van der Waals surface area contributed by atoms with Gasteiger partial charge in [-0.25, -0.2) is 0 Å². The molecular formula is C24H28NO3+. The monoisotopic (exact) mass is 378 g/mol. The van der Waals surface area contributed by atoms with Crippen molar-refractivity contribution in [1.29, 1.82) is 0 Å². The second kappa shape index (κ2) is 10.5. The van der Waals surface area contributed by atoms with Crippen LogP contribution in [0.1, 0.15) is 29.7 Å². The van der Waals surface area contributed by atoms with E-state index >= 15 is 0 Å². The van der Waals surface area contributed by atoms with E-state index < -0.39 is 6.10 Å². The molecule has 0 aliphatic rings. The second-order valence-electron chi connectivity index (χ2n) is 6.61. The summed E-state index contributed by atoms with van der Waals surface area (Å²) < 4.78 is 11.9. The molecule has 0 spiro atoms. The Balaban J connectivity index is 1.66. The fourth-order valence-corrected chi connectivity index (χ4v) is 3.09. The standard InChI is InChI=1S/C24H27NO3/c1-2-27-23-15-9-14-21(24(23)28-18-19-10-5-3-6-11-19)16-25-17-22(26)20-12-7-4-8-13-20/h3-15,22,25-26H,2,16-18H2,1H3/p+1/t22-/m0/s1. The first-order chi connectivity index (χ1) is 13.8. The van der Waals surface area contributed by atoms with Crippen LogP contribution in [0.4, 0.5) is 0 Å². The van der Waals surface area contributed by atoms with Crippen molar-refractivity contribution in [2.24, 2.45) is 0 Å². The molecule has 0 heterocycles. The molecule has 0 bridgehead atoms. The number of aliphatic hydroxyl groups excluding tert-OH is 1. The van der Waals surface area contributed by atoms with E-state index in [0.29, 0.717) is 26.3 Å². The maximum absolute atomic E-state index is 10.4. The zero-order chi connectivity index (χ0) is 19.6. The Morgan fingerprint density at radius 3 is 2.29 bits per heavy atom. The highest BCUT2D eigenvalue weighted by molar-refractivity contribution is 5.46. The van der Waals surface area contributed by atoms with Gasteiger partial charge in [0.1, 0.15) is 25.8 Å². The molecule has 0 saturated carbocycles. The Hall–Kier alpha value is -2.82. The van der Waals surface area contributed by atoms with Gasteiger partial charge in [0, 0.05) is 0 Å². The molecule has 146 valence electrons.